The van der Waals surface area contributed by atoms with Crippen molar-refractivity contribution in [1.29, 1.82) is 0 Å². The van der Waals surface area contributed by atoms with Crippen molar-refractivity contribution >= 4 is 0 Å². The van der Waals surface area contributed by atoms with Crippen LogP contribution in [0.25, 0.3) is 0 Å². The second kappa shape index (κ2) is 28.7. The van der Waals surface area contributed by atoms with Gasteiger partial charge in [-0.1, -0.05) is 229 Å². The molecule has 4 atom stereocenters. The van der Waals surface area contributed by atoms with Crippen LogP contribution >= 0.6 is 0 Å². The zero-order valence-corrected chi connectivity index (χ0v) is 32.9. The molecule has 0 aliphatic rings. The van der Waals surface area contributed by atoms with Gasteiger partial charge in [-0.15, -0.1) is 0 Å². The molecule has 0 spiro atoms. The van der Waals surface area contributed by atoms with Crippen LogP contribution < -0.4 is 0 Å². The lowest BCUT2D eigenvalue weighted by Crippen LogP contribution is -2.55. The summed E-state index contributed by atoms with van der Waals surface area (Å²) >= 11 is 0. The summed E-state index contributed by atoms with van der Waals surface area (Å²) in [5, 5.41) is 44.5. The van der Waals surface area contributed by atoms with Crippen LogP contribution in [-0.2, 0) is 15.9 Å². The van der Waals surface area contributed by atoms with Gasteiger partial charge in [-0.3, -0.25) is 0 Å². The van der Waals surface area contributed by atoms with E-state index in [4.69, 9.17) is 4.74 Å². The Balaban J connectivity index is 2.16. The zero-order chi connectivity index (χ0) is 36.9. The summed E-state index contributed by atoms with van der Waals surface area (Å²) in [5.41, 5.74) is -0.959. The van der Waals surface area contributed by atoms with Crippen molar-refractivity contribution in [3.63, 3.8) is 0 Å². The Hall–Kier alpha value is -1.76. The minimum Gasteiger partial charge on any atom is -0.394 e. The molecule has 0 aliphatic carbocycles. The lowest BCUT2D eigenvalue weighted by atomic mass is 9.78. The first-order chi connectivity index (χ1) is 25.0. The first-order valence-corrected chi connectivity index (χ1v) is 21.4. The molecule has 0 bridgehead atoms. The smallest absolute Gasteiger partial charge is 0.122 e. The van der Waals surface area contributed by atoms with Crippen molar-refractivity contribution < 1.29 is 25.2 Å². The standard InChI is InChI=1S/C46H78O5/c1-3-5-7-9-11-13-15-17-19-21-23-31-37-45(43(49)39-47,41-33-27-25-28-34-41)51-46(44(50)40-48,42-35-29-26-30-36-42)38-32-24-22-20-18-16-14-12-10-8-6-4-2/h25-30,33-36,43-44,47-50H,3-24,31-32,37-40H2,1-2H3. The van der Waals surface area contributed by atoms with E-state index in [1.165, 1.54) is 116 Å². The highest BCUT2D eigenvalue weighted by Crippen LogP contribution is 2.46. The molecule has 4 N–H and O–H groups in total. The second-order valence-corrected chi connectivity index (χ2v) is 15.3. The van der Waals surface area contributed by atoms with Gasteiger partial charge in [-0.2, -0.15) is 0 Å². The lowest BCUT2D eigenvalue weighted by Gasteiger charge is -2.48. The highest BCUT2D eigenvalue weighted by Gasteiger charge is 2.51. The molecule has 2 rings (SSSR count). The van der Waals surface area contributed by atoms with E-state index in [1.54, 1.807) is 0 Å². The highest BCUT2D eigenvalue weighted by molar-refractivity contribution is 5.29. The quantitative estimate of drug-likeness (QED) is 0.0543. The van der Waals surface area contributed by atoms with Crippen LogP contribution in [-0.4, -0.2) is 45.8 Å². The molecule has 0 aromatic heterocycles. The molecule has 0 saturated heterocycles. The van der Waals surface area contributed by atoms with E-state index >= 15 is 0 Å². The Labute approximate surface area is 313 Å². The van der Waals surface area contributed by atoms with Gasteiger partial charge < -0.3 is 25.2 Å². The molecule has 51 heavy (non-hydrogen) atoms. The third-order valence-corrected chi connectivity index (χ3v) is 11.1. The van der Waals surface area contributed by atoms with Gasteiger partial charge in [0.25, 0.3) is 0 Å². The van der Waals surface area contributed by atoms with Crippen LogP contribution in [0.4, 0.5) is 0 Å². The number of rotatable bonds is 34. The molecule has 4 unspecified atom stereocenters. The average Bonchev–Trinajstić information content (AvgIpc) is 3.17. The molecule has 292 valence electrons. The van der Waals surface area contributed by atoms with Crippen LogP contribution in [0.2, 0.25) is 0 Å². The van der Waals surface area contributed by atoms with Crippen molar-refractivity contribution in [2.75, 3.05) is 13.2 Å². The maximum absolute atomic E-state index is 11.7. The summed E-state index contributed by atoms with van der Waals surface area (Å²) in [7, 11) is 0. The highest BCUT2D eigenvalue weighted by atomic mass is 16.6. The number of hydrogen-bond acceptors (Lipinski definition) is 5. The molecule has 0 saturated carbocycles. The van der Waals surface area contributed by atoms with Crippen LogP contribution in [0.1, 0.15) is 192 Å². The summed E-state index contributed by atoms with van der Waals surface area (Å²) in [5.74, 6) is 0. The van der Waals surface area contributed by atoms with Crippen molar-refractivity contribution in [3.05, 3.63) is 71.8 Å². The third kappa shape index (κ3) is 16.8. The van der Waals surface area contributed by atoms with Crippen LogP contribution in [0.15, 0.2) is 60.7 Å². The normalized spacial score (nSPS) is 15.3. The Morgan fingerprint density at radius 2 is 0.667 bits per heavy atom. The van der Waals surface area contributed by atoms with E-state index in [1.807, 2.05) is 60.7 Å². The van der Waals surface area contributed by atoms with Gasteiger partial charge in [0, 0.05) is 0 Å². The van der Waals surface area contributed by atoms with E-state index in [-0.39, 0.29) is 0 Å². The number of aliphatic hydroxyl groups excluding tert-OH is 4. The Bertz CT molecular complexity index is 965. The van der Waals surface area contributed by atoms with Gasteiger partial charge >= 0.3 is 0 Å². The monoisotopic (exact) mass is 711 g/mol. The molecule has 5 nitrogen and oxygen atoms in total. The minimum atomic E-state index is -1.27. The fourth-order valence-corrected chi connectivity index (χ4v) is 7.88. The number of unbranched alkanes of at least 4 members (excludes halogenated alkanes) is 22. The van der Waals surface area contributed by atoms with E-state index in [0.29, 0.717) is 12.8 Å². The SMILES string of the molecule is CCCCCCCCCCCCCCC(OC(CCCCCCCCCCCCCC)(c1ccccc1)C(O)CO)(c1ccccc1)C(O)CO. The van der Waals surface area contributed by atoms with Crippen LogP contribution in [0.5, 0.6) is 0 Å². The Kier molecular flexibility index (Phi) is 25.6. The molecule has 5 heteroatoms. The molecular formula is C46H78O5. The lowest BCUT2D eigenvalue weighted by molar-refractivity contribution is -0.260. The topological polar surface area (TPSA) is 90.2 Å². The summed E-state index contributed by atoms with van der Waals surface area (Å²) in [6, 6.07) is 19.5. The van der Waals surface area contributed by atoms with E-state index in [2.05, 4.69) is 13.8 Å². The summed E-state index contributed by atoms with van der Waals surface area (Å²) in [6.07, 6.45) is 28.1. The fourth-order valence-electron chi connectivity index (χ4n) is 7.88. The first kappa shape index (κ1) is 45.4. The Morgan fingerprint density at radius 3 is 0.922 bits per heavy atom. The maximum atomic E-state index is 11.7. The van der Waals surface area contributed by atoms with Crippen molar-refractivity contribution in [2.45, 2.75) is 204 Å². The van der Waals surface area contributed by atoms with Gasteiger partial charge in [-0.25, -0.2) is 0 Å². The van der Waals surface area contributed by atoms with Crippen LogP contribution in [0.3, 0.4) is 0 Å². The van der Waals surface area contributed by atoms with E-state index in [9.17, 15) is 20.4 Å². The zero-order valence-electron chi connectivity index (χ0n) is 32.9. The molecule has 0 radical (unpaired) electrons. The number of aliphatic hydroxyl groups is 4. The first-order valence-electron chi connectivity index (χ1n) is 21.4. The van der Waals surface area contributed by atoms with Gasteiger partial charge in [0.2, 0.25) is 0 Å². The molecule has 2 aromatic carbocycles. The number of ether oxygens (including phenoxy) is 1. The summed E-state index contributed by atoms with van der Waals surface area (Å²) in [6.45, 7) is 3.59. The fraction of sp³-hybridized carbons (Fsp3) is 0.739. The van der Waals surface area contributed by atoms with E-state index < -0.39 is 36.6 Å². The van der Waals surface area contributed by atoms with Gasteiger partial charge in [0.1, 0.15) is 23.4 Å². The predicted octanol–water partition coefficient (Wildman–Crippen LogP) is 11.7. The van der Waals surface area contributed by atoms with Gasteiger partial charge in [0.15, 0.2) is 0 Å². The largest absolute Gasteiger partial charge is 0.394 e. The molecule has 0 heterocycles. The van der Waals surface area contributed by atoms with Crippen molar-refractivity contribution in [3.8, 4) is 0 Å². The van der Waals surface area contributed by atoms with Crippen molar-refractivity contribution in [1.82, 2.24) is 0 Å². The third-order valence-electron chi connectivity index (χ3n) is 11.1. The van der Waals surface area contributed by atoms with Gasteiger partial charge in [0.05, 0.1) is 13.2 Å². The Morgan fingerprint density at radius 1 is 0.412 bits per heavy atom. The molecule has 0 aliphatic heterocycles. The van der Waals surface area contributed by atoms with Gasteiger partial charge in [-0.05, 0) is 24.0 Å². The minimum absolute atomic E-state index is 0.466. The van der Waals surface area contributed by atoms with E-state index in [0.717, 1.165) is 49.7 Å². The van der Waals surface area contributed by atoms with Crippen molar-refractivity contribution in [2.24, 2.45) is 0 Å². The number of hydrogen-bond donors (Lipinski definition) is 4. The second-order valence-electron chi connectivity index (χ2n) is 15.3. The number of benzene rings is 2. The molecule has 2 aromatic rings. The average molecular weight is 711 g/mol. The maximum Gasteiger partial charge on any atom is 0.122 e. The summed E-state index contributed by atoms with van der Waals surface area (Å²) < 4.78 is 7.28. The molecule has 0 amide bonds. The van der Waals surface area contributed by atoms with Crippen LogP contribution in [0, 0.1) is 0 Å². The molecule has 0 fully saturated rings. The molecular weight excluding hydrogens is 633 g/mol. The predicted molar refractivity (Wildman–Crippen MR) is 215 cm³/mol. The summed E-state index contributed by atoms with van der Waals surface area (Å²) in [4.78, 5) is 0.